The maximum atomic E-state index is 12.8. The van der Waals surface area contributed by atoms with E-state index >= 15 is 0 Å². The fraction of sp³-hybridized carbons (Fsp3) is 0.600. The SMILES string of the molecule is CC(C)=CCC(=O)[C@]1(O)C(=O)[C@@H](C(=O)C(C)C)C(=O)[C@@H]1CC=C(C)C. The molecule has 5 heteroatoms. The summed E-state index contributed by atoms with van der Waals surface area (Å²) in [6.07, 6.45) is 3.22. The van der Waals surface area contributed by atoms with Crippen molar-refractivity contribution in [1.29, 1.82) is 0 Å². The first kappa shape index (κ1) is 21.2. The second-order valence-corrected chi connectivity index (χ2v) is 7.50. The van der Waals surface area contributed by atoms with Gasteiger partial charge in [0.1, 0.15) is 5.92 Å². The summed E-state index contributed by atoms with van der Waals surface area (Å²) in [7, 11) is 0. The Hall–Kier alpha value is -1.88. The van der Waals surface area contributed by atoms with Gasteiger partial charge < -0.3 is 5.11 Å². The van der Waals surface area contributed by atoms with E-state index in [0.29, 0.717) is 0 Å². The highest BCUT2D eigenvalue weighted by molar-refractivity contribution is 6.33. The van der Waals surface area contributed by atoms with Crippen molar-refractivity contribution in [3.63, 3.8) is 0 Å². The number of Topliss-reactive ketones (excluding diaryl/α,β-unsaturated/α-hetero) is 4. The van der Waals surface area contributed by atoms with Crippen molar-refractivity contribution < 1.29 is 24.3 Å². The normalized spacial score (nSPS) is 25.9. The molecule has 1 rings (SSSR count). The number of allylic oxidation sites excluding steroid dienone is 4. The van der Waals surface area contributed by atoms with Crippen LogP contribution in [-0.4, -0.2) is 33.8 Å². The van der Waals surface area contributed by atoms with Crippen LogP contribution in [0, 0.1) is 17.8 Å². The van der Waals surface area contributed by atoms with Gasteiger partial charge in [-0.15, -0.1) is 0 Å². The monoisotopic (exact) mass is 348 g/mol. The maximum Gasteiger partial charge on any atom is 0.192 e. The lowest BCUT2D eigenvalue weighted by molar-refractivity contribution is -0.153. The van der Waals surface area contributed by atoms with E-state index in [1.807, 2.05) is 13.8 Å². The van der Waals surface area contributed by atoms with Gasteiger partial charge >= 0.3 is 0 Å². The van der Waals surface area contributed by atoms with Gasteiger partial charge in [-0.2, -0.15) is 0 Å². The molecule has 5 nitrogen and oxygen atoms in total. The number of rotatable bonds is 7. The number of hydrogen-bond donors (Lipinski definition) is 1. The maximum absolute atomic E-state index is 12.8. The Kier molecular flexibility index (Phi) is 6.77. The van der Waals surface area contributed by atoms with Gasteiger partial charge in [0.2, 0.25) is 0 Å². The Morgan fingerprint density at radius 2 is 1.60 bits per heavy atom. The average Bonchev–Trinajstić information content (AvgIpc) is 2.69. The van der Waals surface area contributed by atoms with E-state index in [1.165, 1.54) is 0 Å². The summed E-state index contributed by atoms with van der Waals surface area (Å²) in [5, 5.41) is 11.0. The molecule has 0 amide bonds. The van der Waals surface area contributed by atoms with Gasteiger partial charge in [0.05, 0.1) is 5.92 Å². The summed E-state index contributed by atoms with van der Waals surface area (Å²) in [5.41, 5.74) is -0.660. The van der Waals surface area contributed by atoms with Crippen molar-refractivity contribution in [2.75, 3.05) is 0 Å². The molecule has 25 heavy (non-hydrogen) atoms. The van der Waals surface area contributed by atoms with Crippen LogP contribution in [0.1, 0.15) is 54.4 Å². The third kappa shape index (κ3) is 4.21. The van der Waals surface area contributed by atoms with E-state index in [4.69, 9.17) is 0 Å². The lowest BCUT2D eigenvalue weighted by atomic mass is 9.81. The zero-order valence-electron chi connectivity index (χ0n) is 15.9. The Labute approximate surface area is 149 Å². The third-order valence-corrected chi connectivity index (χ3v) is 4.51. The van der Waals surface area contributed by atoms with Crippen molar-refractivity contribution >= 4 is 23.1 Å². The Morgan fingerprint density at radius 3 is 2.04 bits per heavy atom. The molecule has 138 valence electrons. The molecule has 0 bridgehead atoms. The van der Waals surface area contributed by atoms with Gasteiger partial charge in [-0.05, 0) is 34.1 Å². The Bertz CT molecular complexity index is 645. The van der Waals surface area contributed by atoms with Gasteiger partial charge in [-0.1, -0.05) is 37.1 Å². The van der Waals surface area contributed by atoms with Gasteiger partial charge in [-0.25, -0.2) is 0 Å². The van der Waals surface area contributed by atoms with Crippen LogP contribution in [0.4, 0.5) is 0 Å². The van der Waals surface area contributed by atoms with Crippen molar-refractivity contribution in [3.8, 4) is 0 Å². The molecule has 1 aliphatic rings. The molecule has 0 radical (unpaired) electrons. The van der Waals surface area contributed by atoms with Crippen molar-refractivity contribution in [3.05, 3.63) is 23.3 Å². The summed E-state index contributed by atoms with van der Waals surface area (Å²) < 4.78 is 0. The number of hydrogen-bond acceptors (Lipinski definition) is 5. The summed E-state index contributed by atoms with van der Waals surface area (Å²) in [4.78, 5) is 50.5. The number of carbonyl (C=O) groups is 4. The topological polar surface area (TPSA) is 88.5 Å². The van der Waals surface area contributed by atoms with E-state index in [2.05, 4.69) is 0 Å². The van der Waals surface area contributed by atoms with Crippen LogP contribution in [0.2, 0.25) is 0 Å². The van der Waals surface area contributed by atoms with E-state index in [1.54, 1.807) is 39.8 Å². The first-order valence-electron chi connectivity index (χ1n) is 8.58. The number of ketones is 4. The summed E-state index contributed by atoms with van der Waals surface area (Å²) >= 11 is 0. The minimum absolute atomic E-state index is 0.0614. The fourth-order valence-corrected chi connectivity index (χ4v) is 2.96. The predicted octanol–water partition coefficient (Wildman–Crippen LogP) is 2.61. The quantitative estimate of drug-likeness (QED) is 0.564. The zero-order valence-corrected chi connectivity index (χ0v) is 15.9. The molecule has 3 atom stereocenters. The molecule has 0 aliphatic heterocycles. The lowest BCUT2D eigenvalue weighted by Gasteiger charge is -2.25. The number of carbonyl (C=O) groups excluding carboxylic acids is 4. The molecule has 0 aromatic rings. The standard InChI is InChI=1S/C20H28O5/c1-11(2)7-9-14-18(23)16(17(22)13(5)6)19(24)20(14,25)15(21)10-8-12(3)4/h7-8,13-14,16,25H,9-10H2,1-6H3/t14-,16-,20-/m0/s1. The highest BCUT2D eigenvalue weighted by Gasteiger charge is 2.64. The molecule has 0 spiro atoms. The second kappa shape index (κ2) is 8.00. The van der Waals surface area contributed by atoms with Crippen LogP contribution in [0.25, 0.3) is 0 Å². The van der Waals surface area contributed by atoms with Gasteiger partial charge in [0.15, 0.2) is 28.7 Å². The minimum atomic E-state index is -2.43. The molecule has 0 heterocycles. The van der Waals surface area contributed by atoms with Gasteiger partial charge in [0, 0.05) is 12.3 Å². The second-order valence-electron chi connectivity index (χ2n) is 7.50. The van der Waals surface area contributed by atoms with E-state index < -0.39 is 46.5 Å². The molecule has 0 saturated heterocycles. The highest BCUT2D eigenvalue weighted by Crippen LogP contribution is 2.39. The fourth-order valence-electron chi connectivity index (χ4n) is 2.96. The summed E-state index contributed by atoms with van der Waals surface area (Å²) in [6, 6.07) is 0. The molecule has 0 unspecified atom stereocenters. The Balaban J connectivity index is 3.37. The molecule has 0 aromatic heterocycles. The van der Waals surface area contributed by atoms with E-state index in [-0.39, 0.29) is 12.8 Å². The van der Waals surface area contributed by atoms with Crippen LogP contribution in [0.5, 0.6) is 0 Å². The molecule has 1 saturated carbocycles. The first-order chi connectivity index (χ1) is 11.4. The Morgan fingerprint density at radius 1 is 1.08 bits per heavy atom. The molecular formula is C20H28O5. The largest absolute Gasteiger partial charge is 0.374 e. The van der Waals surface area contributed by atoms with Crippen molar-refractivity contribution in [1.82, 2.24) is 0 Å². The van der Waals surface area contributed by atoms with Gasteiger partial charge in [0.25, 0.3) is 0 Å². The first-order valence-corrected chi connectivity index (χ1v) is 8.58. The van der Waals surface area contributed by atoms with E-state index in [0.717, 1.165) is 11.1 Å². The summed E-state index contributed by atoms with van der Waals surface area (Å²) in [6.45, 7) is 10.4. The smallest absolute Gasteiger partial charge is 0.192 e. The van der Waals surface area contributed by atoms with E-state index in [9.17, 15) is 24.3 Å². The molecule has 1 N–H and O–H groups in total. The average molecular weight is 348 g/mol. The molecule has 0 aromatic carbocycles. The minimum Gasteiger partial charge on any atom is -0.374 e. The van der Waals surface area contributed by atoms with Crippen LogP contribution in [-0.2, 0) is 19.2 Å². The van der Waals surface area contributed by atoms with Crippen LogP contribution in [0.3, 0.4) is 0 Å². The molecule has 1 aliphatic carbocycles. The van der Waals surface area contributed by atoms with Crippen LogP contribution >= 0.6 is 0 Å². The predicted molar refractivity (Wildman–Crippen MR) is 94.9 cm³/mol. The van der Waals surface area contributed by atoms with Gasteiger partial charge in [-0.3, -0.25) is 19.2 Å². The zero-order chi connectivity index (χ0) is 19.5. The van der Waals surface area contributed by atoms with Crippen LogP contribution in [0.15, 0.2) is 23.3 Å². The third-order valence-electron chi connectivity index (χ3n) is 4.51. The lowest BCUT2D eigenvalue weighted by Crippen LogP contribution is -2.49. The number of aliphatic hydroxyl groups is 1. The molecular weight excluding hydrogens is 320 g/mol. The summed E-state index contributed by atoms with van der Waals surface area (Å²) in [5.74, 6) is -6.15. The van der Waals surface area contributed by atoms with Crippen molar-refractivity contribution in [2.24, 2.45) is 17.8 Å². The molecule has 1 fully saturated rings. The van der Waals surface area contributed by atoms with Crippen molar-refractivity contribution in [2.45, 2.75) is 60.0 Å². The highest BCUT2D eigenvalue weighted by atomic mass is 16.3. The van der Waals surface area contributed by atoms with Crippen LogP contribution < -0.4 is 0 Å².